The second-order valence-corrected chi connectivity index (χ2v) is 4.93. The van der Waals surface area contributed by atoms with Crippen LogP contribution in [0.2, 0.25) is 0 Å². The Morgan fingerprint density at radius 1 is 1.37 bits per heavy atom. The molecule has 0 fully saturated rings. The molecule has 0 saturated carbocycles. The fraction of sp³-hybridized carbons (Fsp3) is 0.375. The summed E-state index contributed by atoms with van der Waals surface area (Å²) in [5.74, 6) is -1.17. The molecule has 0 spiro atoms. The summed E-state index contributed by atoms with van der Waals surface area (Å²) < 4.78 is 0. The number of allylic oxidation sites excluding steroid dienone is 1. The standard InChI is InChI=1S/C16H18O3/c1-2-3-4-11-5-6-12-7-8-13(10-15(17)18)16(19)14(12)9-11/h5-6,9-10H,2-4,7-8H2,1H3,(H,17,18)/b13-10-. The lowest BCUT2D eigenvalue weighted by Crippen LogP contribution is -2.15. The molecule has 1 aliphatic carbocycles. The van der Waals surface area contributed by atoms with Crippen LogP contribution in [0.1, 0.15) is 47.7 Å². The van der Waals surface area contributed by atoms with Crippen LogP contribution in [0.25, 0.3) is 0 Å². The molecule has 100 valence electrons. The number of ketones is 1. The summed E-state index contributed by atoms with van der Waals surface area (Å²) in [5.41, 5.74) is 3.29. The topological polar surface area (TPSA) is 54.4 Å². The third-order valence-corrected chi connectivity index (χ3v) is 3.49. The van der Waals surface area contributed by atoms with Crippen LogP contribution >= 0.6 is 0 Å². The molecule has 3 nitrogen and oxygen atoms in total. The summed E-state index contributed by atoms with van der Waals surface area (Å²) in [6.07, 6.45) is 5.50. The van der Waals surface area contributed by atoms with E-state index < -0.39 is 5.97 Å². The van der Waals surface area contributed by atoms with Gasteiger partial charge in [0, 0.05) is 17.2 Å². The van der Waals surface area contributed by atoms with Gasteiger partial charge in [-0.25, -0.2) is 4.79 Å². The molecule has 0 unspecified atom stereocenters. The number of aliphatic carboxylic acids is 1. The van der Waals surface area contributed by atoms with Crippen LogP contribution in [0.4, 0.5) is 0 Å². The molecular formula is C16H18O3. The number of fused-ring (bicyclic) bond motifs is 1. The number of hydrogen-bond donors (Lipinski definition) is 1. The van der Waals surface area contributed by atoms with Gasteiger partial charge in [-0.2, -0.15) is 0 Å². The van der Waals surface area contributed by atoms with Gasteiger partial charge in [0.2, 0.25) is 0 Å². The average molecular weight is 258 g/mol. The van der Waals surface area contributed by atoms with Crippen molar-refractivity contribution >= 4 is 11.8 Å². The molecule has 19 heavy (non-hydrogen) atoms. The predicted octanol–water partition coefficient (Wildman–Crippen LogP) is 3.17. The van der Waals surface area contributed by atoms with Crippen LogP contribution in [0, 0.1) is 0 Å². The minimum Gasteiger partial charge on any atom is -0.478 e. The Balaban J connectivity index is 2.30. The SMILES string of the molecule is CCCCc1ccc2c(c1)C(=O)/C(=C\C(=O)O)CC2. The smallest absolute Gasteiger partial charge is 0.328 e. The van der Waals surface area contributed by atoms with E-state index in [1.165, 1.54) is 0 Å². The van der Waals surface area contributed by atoms with Gasteiger partial charge >= 0.3 is 5.97 Å². The van der Waals surface area contributed by atoms with E-state index in [1.807, 2.05) is 12.1 Å². The van der Waals surface area contributed by atoms with Gasteiger partial charge in [-0.15, -0.1) is 0 Å². The molecule has 0 amide bonds. The molecule has 1 aromatic rings. The third-order valence-electron chi connectivity index (χ3n) is 3.49. The van der Waals surface area contributed by atoms with Crippen molar-refractivity contribution < 1.29 is 14.7 Å². The lowest BCUT2D eigenvalue weighted by molar-refractivity contribution is -0.131. The quantitative estimate of drug-likeness (QED) is 0.844. The van der Waals surface area contributed by atoms with Crippen molar-refractivity contribution in [1.29, 1.82) is 0 Å². The van der Waals surface area contributed by atoms with E-state index in [4.69, 9.17) is 5.11 Å². The Labute approximate surface area is 113 Å². The van der Waals surface area contributed by atoms with Gasteiger partial charge in [-0.3, -0.25) is 4.79 Å². The maximum Gasteiger partial charge on any atom is 0.328 e. The van der Waals surface area contributed by atoms with E-state index >= 15 is 0 Å². The van der Waals surface area contributed by atoms with E-state index in [9.17, 15) is 9.59 Å². The third kappa shape index (κ3) is 3.11. The van der Waals surface area contributed by atoms with Crippen molar-refractivity contribution in [2.75, 3.05) is 0 Å². The molecule has 0 aromatic heterocycles. The molecular weight excluding hydrogens is 240 g/mol. The first kappa shape index (κ1) is 13.5. The zero-order valence-electron chi connectivity index (χ0n) is 11.1. The Bertz CT molecular complexity index is 541. The number of rotatable bonds is 4. The van der Waals surface area contributed by atoms with Crippen LogP contribution in [0.5, 0.6) is 0 Å². The summed E-state index contributed by atoms with van der Waals surface area (Å²) in [7, 11) is 0. The fourth-order valence-electron chi connectivity index (χ4n) is 2.43. The molecule has 0 heterocycles. The summed E-state index contributed by atoms with van der Waals surface area (Å²) in [5, 5.41) is 8.77. The second-order valence-electron chi connectivity index (χ2n) is 4.93. The van der Waals surface area contributed by atoms with E-state index in [1.54, 1.807) is 0 Å². The number of carbonyl (C=O) groups is 2. The summed E-state index contributed by atoms with van der Waals surface area (Å²) in [4.78, 5) is 23.0. The molecule has 0 bridgehead atoms. The van der Waals surface area contributed by atoms with Crippen molar-refractivity contribution in [3.8, 4) is 0 Å². The molecule has 1 aliphatic rings. The zero-order chi connectivity index (χ0) is 13.8. The number of benzene rings is 1. The Kier molecular flexibility index (Phi) is 4.15. The van der Waals surface area contributed by atoms with Gasteiger partial charge in [0.1, 0.15) is 0 Å². The summed E-state index contributed by atoms with van der Waals surface area (Å²) in [6.45, 7) is 2.14. The van der Waals surface area contributed by atoms with Crippen LogP contribution in [0.15, 0.2) is 29.8 Å². The highest BCUT2D eigenvalue weighted by Gasteiger charge is 2.22. The van der Waals surface area contributed by atoms with Crippen molar-refractivity contribution in [2.24, 2.45) is 0 Å². The first-order valence-corrected chi connectivity index (χ1v) is 6.72. The molecule has 3 heteroatoms. The average Bonchev–Trinajstić information content (AvgIpc) is 2.39. The van der Waals surface area contributed by atoms with Crippen LogP contribution in [-0.4, -0.2) is 16.9 Å². The molecule has 2 rings (SSSR count). The van der Waals surface area contributed by atoms with Crippen molar-refractivity contribution in [3.05, 3.63) is 46.5 Å². The van der Waals surface area contributed by atoms with Gasteiger partial charge in [0.25, 0.3) is 0 Å². The number of aryl methyl sites for hydroxylation is 2. The van der Waals surface area contributed by atoms with Crippen molar-refractivity contribution in [3.63, 3.8) is 0 Å². The minimum absolute atomic E-state index is 0.123. The number of carboxylic acids is 1. The number of hydrogen-bond acceptors (Lipinski definition) is 2. The number of carbonyl (C=O) groups excluding carboxylic acids is 1. The number of unbranched alkanes of at least 4 members (excludes halogenated alkanes) is 1. The van der Waals surface area contributed by atoms with Gasteiger partial charge < -0.3 is 5.11 Å². The predicted molar refractivity (Wildman–Crippen MR) is 73.4 cm³/mol. The van der Waals surface area contributed by atoms with E-state index in [2.05, 4.69) is 13.0 Å². The second kappa shape index (κ2) is 5.83. The van der Waals surface area contributed by atoms with Crippen LogP contribution in [-0.2, 0) is 17.6 Å². The monoisotopic (exact) mass is 258 g/mol. The molecule has 1 N–H and O–H groups in total. The van der Waals surface area contributed by atoms with Gasteiger partial charge in [0.15, 0.2) is 5.78 Å². The Morgan fingerprint density at radius 3 is 2.84 bits per heavy atom. The molecule has 1 aromatic carbocycles. The number of Topliss-reactive ketones (excluding diaryl/α,β-unsaturated/α-hetero) is 1. The first-order valence-electron chi connectivity index (χ1n) is 6.72. The maximum absolute atomic E-state index is 12.2. The van der Waals surface area contributed by atoms with Crippen molar-refractivity contribution in [1.82, 2.24) is 0 Å². The Morgan fingerprint density at radius 2 is 2.16 bits per heavy atom. The fourth-order valence-corrected chi connectivity index (χ4v) is 2.43. The highest BCUT2D eigenvalue weighted by Crippen LogP contribution is 2.26. The van der Waals surface area contributed by atoms with Gasteiger partial charge in [-0.1, -0.05) is 25.5 Å². The molecule has 0 aliphatic heterocycles. The van der Waals surface area contributed by atoms with E-state index in [0.29, 0.717) is 17.6 Å². The van der Waals surface area contributed by atoms with Gasteiger partial charge in [0.05, 0.1) is 0 Å². The van der Waals surface area contributed by atoms with E-state index in [0.717, 1.165) is 42.9 Å². The largest absolute Gasteiger partial charge is 0.478 e. The minimum atomic E-state index is -1.05. The van der Waals surface area contributed by atoms with Crippen LogP contribution in [0.3, 0.4) is 0 Å². The lowest BCUT2D eigenvalue weighted by atomic mass is 9.85. The highest BCUT2D eigenvalue weighted by molar-refractivity contribution is 6.12. The zero-order valence-corrected chi connectivity index (χ0v) is 11.1. The van der Waals surface area contributed by atoms with Crippen molar-refractivity contribution in [2.45, 2.75) is 39.0 Å². The first-order chi connectivity index (χ1) is 9.11. The molecule has 0 saturated heterocycles. The summed E-state index contributed by atoms with van der Waals surface area (Å²) in [6, 6.07) is 6.02. The Hall–Kier alpha value is -1.90. The number of carboxylic acid groups (broad SMARTS) is 1. The van der Waals surface area contributed by atoms with Crippen LogP contribution < -0.4 is 0 Å². The lowest BCUT2D eigenvalue weighted by Gasteiger charge is -2.18. The maximum atomic E-state index is 12.2. The van der Waals surface area contributed by atoms with E-state index in [-0.39, 0.29) is 5.78 Å². The van der Waals surface area contributed by atoms with Gasteiger partial charge in [-0.05, 0) is 42.9 Å². The summed E-state index contributed by atoms with van der Waals surface area (Å²) >= 11 is 0. The molecule has 0 radical (unpaired) electrons. The normalized spacial score (nSPS) is 16.5. The molecule has 0 atom stereocenters. The highest BCUT2D eigenvalue weighted by atomic mass is 16.4.